The van der Waals surface area contributed by atoms with Crippen LogP contribution >= 0.6 is 0 Å². The largest absolute Gasteiger partial charge is 0.491 e. The normalized spacial score (nSPS) is 12.9. The van der Waals surface area contributed by atoms with Gasteiger partial charge in [0.1, 0.15) is 5.75 Å². The molecule has 2 aromatic rings. The van der Waals surface area contributed by atoms with E-state index in [4.69, 9.17) is 15.6 Å². The summed E-state index contributed by atoms with van der Waals surface area (Å²) in [5.41, 5.74) is 8.07. The number of carbonyl (C=O) groups excluding carboxylic acids is 2. The van der Waals surface area contributed by atoms with Crippen LogP contribution in [0, 0.1) is 0 Å². The van der Waals surface area contributed by atoms with Gasteiger partial charge in [0.25, 0.3) is 11.8 Å². The van der Waals surface area contributed by atoms with Crippen molar-refractivity contribution in [2.24, 2.45) is 0 Å². The van der Waals surface area contributed by atoms with E-state index in [-0.39, 0.29) is 30.5 Å². The van der Waals surface area contributed by atoms with Gasteiger partial charge in [0.15, 0.2) is 0 Å². The minimum absolute atomic E-state index is 0.0637. The molecule has 0 unspecified atom stereocenters. The number of carboxylic acid groups (broad SMARTS) is 1. The third-order valence-corrected chi connectivity index (χ3v) is 4.83. The Kier molecular flexibility index (Phi) is 6.49. The number of aryl methyl sites for hydroxylation is 1. The van der Waals surface area contributed by atoms with Gasteiger partial charge in [-0.05, 0) is 43.4 Å². The maximum atomic E-state index is 12.5. The molecule has 0 radical (unpaired) electrons. The molecule has 0 aromatic heterocycles. The van der Waals surface area contributed by atoms with E-state index >= 15 is 0 Å². The van der Waals surface area contributed by atoms with Gasteiger partial charge >= 0.3 is 5.97 Å². The molecule has 0 spiro atoms. The molecule has 2 aromatic carbocycles. The lowest BCUT2D eigenvalue weighted by molar-refractivity contribution is -0.137. The molecule has 0 saturated carbocycles. The van der Waals surface area contributed by atoms with E-state index in [1.54, 1.807) is 0 Å². The first-order valence-electron chi connectivity index (χ1n) is 9.65. The van der Waals surface area contributed by atoms with Crippen molar-refractivity contribution in [1.82, 2.24) is 4.90 Å². The SMILES string of the molecule is Nc1cc2c(cc1OCCCCc1ccccc1)C(=O)N(CCCC(=O)O)C2=O. The average Bonchev–Trinajstić information content (AvgIpc) is 2.92. The molecule has 1 aliphatic heterocycles. The molecule has 29 heavy (non-hydrogen) atoms. The topological polar surface area (TPSA) is 110 Å². The molecule has 7 heteroatoms. The number of nitrogens with two attached hydrogens (primary N) is 1. The number of carbonyl (C=O) groups is 3. The lowest BCUT2D eigenvalue weighted by atomic mass is 10.1. The third kappa shape index (κ3) is 4.93. The summed E-state index contributed by atoms with van der Waals surface area (Å²) >= 11 is 0. The van der Waals surface area contributed by atoms with Gasteiger partial charge in [-0.3, -0.25) is 19.3 Å². The minimum Gasteiger partial charge on any atom is -0.491 e. The van der Waals surface area contributed by atoms with Crippen LogP contribution in [0.15, 0.2) is 42.5 Å². The van der Waals surface area contributed by atoms with Gasteiger partial charge in [0, 0.05) is 13.0 Å². The lowest BCUT2D eigenvalue weighted by Gasteiger charge is -2.12. The summed E-state index contributed by atoms with van der Waals surface area (Å²) in [7, 11) is 0. The Bertz CT molecular complexity index is 911. The summed E-state index contributed by atoms with van der Waals surface area (Å²) in [4.78, 5) is 36.7. The number of benzene rings is 2. The number of unbranched alkanes of at least 4 members (excludes halogenated alkanes) is 1. The van der Waals surface area contributed by atoms with Crippen LogP contribution in [-0.2, 0) is 11.2 Å². The van der Waals surface area contributed by atoms with Gasteiger partial charge in [-0.25, -0.2) is 0 Å². The summed E-state index contributed by atoms with van der Waals surface area (Å²) in [5.74, 6) is -1.47. The van der Waals surface area contributed by atoms with Crippen molar-refractivity contribution in [2.45, 2.75) is 32.1 Å². The maximum absolute atomic E-state index is 12.5. The van der Waals surface area contributed by atoms with Crippen LogP contribution in [0.4, 0.5) is 5.69 Å². The number of nitrogens with zero attached hydrogens (tertiary/aromatic N) is 1. The number of aliphatic carboxylic acids is 1. The second-order valence-electron chi connectivity index (χ2n) is 6.99. The fraction of sp³-hybridized carbons (Fsp3) is 0.318. The lowest BCUT2D eigenvalue weighted by Crippen LogP contribution is -2.31. The van der Waals surface area contributed by atoms with Gasteiger partial charge in [0.2, 0.25) is 0 Å². The monoisotopic (exact) mass is 396 g/mol. The first kappa shape index (κ1) is 20.4. The number of hydrogen-bond donors (Lipinski definition) is 2. The predicted octanol–water partition coefficient (Wildman–Crippen LogP) is 3.13. The van der Waals surface area contributed by atoms with E-state index in [0.717, 1.165) is 24.2 Å². The van der Waals surface area contributed by atoms with E-state index in [1.807, 2.05) is 18.2 Å². The Morgan fingerprint density at radius 1 is 1.00 bits per heavy atom. The zero-order valence-corrected chi connectivity index (χ0v) is 16.1. The quantitative estimate of drug-likeness (QED) is 0.363. The van der Waals surface area contributed by atoms with Crippen LogP contribution in [0.3, 0.4) is 0 Å². The van der Waals surface area contributed by atoms with Gasteiger partial charge in [0.05, 0.1) is 23.4 Å². The zero-order chi connectivity index (χ0) is 20.8. The predicted molar refractivity (Wildman–Crippen MR) is 108 cm³/mol. The first-order valence-corrected chi connectivity index (χ1v) is 9.65. The van der Waals surface area contributed by atoms with Gasteiger partial charge in [-0.15, -0.1) is 0 Å². The molecular weight excluding hydrogens is 372 g/mol. The number of fused-ring (bicyclic) bond motifs is 1. The van der Waals surface area contributed by atoms with Crippen molar-refractivity contribution >= 4 is 23.5 Å². The molecule has 3 rings (SSSR count). The van der Waals surface area contributed by atoms with Crippen molar-refractivity contribution in [3.63, 3.8) is 0 Å². The number of rotatable bonds is 10. The van der Waals surface area contributed by atoms with Crippen LogP contribution in [0.1, 0.15) is 52.0 Å². The molecule has 7 nitrogen and oxygen atoms in total. The summed E-state index contributed by atoms with van der Waals surface area (Å²) in [6, 6.07) is 13.2. The fourth-order valence-corrected chi connectivity index (χ4v) is 3.31. The highest BCUT2D eigenvalue weighted by atomic mass is 16.5. The van der Waals surface area contributed by atoms with Crippen LogP contribution in [0.25, 0.3) is 0 Å². The summed E-state index contributed by atoms with van der Waals surface area (Å²) < 4.78 is 5.75. The molecule has 2 amide bonds. The number of amides is 2. The minimum atomic E-state index is -0.964. The van der Waals surface area contributed by atoms with Crippen molar-refractivity contribution in [1.29, 1.82) is 0 Å². The molecular formula is C22H24N2O5. The fourth-order valence-electron chi connectivity index (χ4n) is 3.31. The van der Waals surface area contributed by atoms with Gasteiger partial charge < -0.3 is 15.6 Å². The maximum Gasteiger partial charge on any atom is 0.303 e. The molecule has 0 bridgehead atoms. The molecule has 0 atom stereocenters. The van der Waals surface area contributed by atoms with E-state index in [2.05, 4.69) is 12.1 Å². The molecule has 0 fully saturated rings. The Balaban J connectivity index is 1.56. The molecule has 0 aliphatic carbocycles. The highest BCUT2D eigenvalue weighted by Crippen LogP contribution is 2.32. The summed E-state index contributed by atoms with van der Waals surface area (Å²) in [5, 5.41) is 8.73. The van der Waals surface area contributed by atoms with E-state index in [1.165, 1.54) is 17.7 Å². The van der Waals surface area contributed by atoms with Crippen molar-refractivity contribution in [2.75, 3.05) is 18.9 Å². The Hall–Kier alpha value is -3.35. The van der Waals surface area contributed by atoms with Gasteiger partial charge in [-0.1, -0.05) is 30.3 Å². The van der Waals surface area contributed by atoms with E-state index in [0.29, 0.717) is 18.0 Å². The smallest absolute Gasteiger partial charge is 0.303 e. The number of hydrogen-bond acceptors (Lipinski definition) is 5. The first-order chi connectivity index (χ1) is 14.0. The molecule has 152 valence electrons. The van der Waals surface area contributed by atoms with Crippen LogP contribution in [0.2, 0.25) is 0 Å². The van der Waals surface area contributed by atoms with Crippen molar-refractivity contribution in [3.8, 4) is 5.75 Å². The number of imide groups is 1. The Morgan fingerprint density at radius 3 is 2.38 bits per heavy atom. The summed E-state index contributed by atoms with van der Waals surface area (Å²) in [6.07, 6.45) is 2.86. The van der Waals surface area contributed by atoms with Crippen LogP contribution in [0.5, 0.6) is 5.75 Å². The highest BCUT2D eigenvalue weighted by Gasteiger charge is 2.36. The number of anilines is 1. The molecule has 1 aliphatic rings. The second-order valence-corrected chi connectivity index (χ2v) is 6.99. The molecule has 3 N–H and O–H groups in total. The van der Waals surface area contributed by atoms with E-state index in [9.17, 15) is 14.4 Å². The molecule has 0 saturated heterocycles. The Labute approximate surface area is 169 Å². The zero-order valence-electron chi connectivity index (χ0n) is 16.1. The van der Waals surface area contributed by atoms with Crippen molar-refractivity contribution < 1.29 is 24.2 Å². The number of nitrogen functional groups attached to an aromatic ring is 1. The van der Waals surface area contributed by atoms with Crippen LogP contribution in [-0.4, -0.2) is 40.9 Å². The van der Waals surface area contributed by atoms with Crippen molar-refractivity contribution in [3.05, 3.63) is 59.2 Å². The average molecular weight is 396 g/mol. The summed E-state index contributed by atoms with van der Waals surface area (Å²) in [6.45, 7) is 0.522. The standard InChI is InChI=1S/C22H24N2O5/c23-18-13-16-17(22(28)24(21(16)27)11-6-10-20(25)26)14-19(18)29-12-5-4-9-15-7-2-1-3-8-15/h1-3,7-8,13-14H,4-6,9-12,23H2,(H,25,26). The number of carboxylic acids is 1. The third-order valence-electron chi connectivity index (χ3n) is 4.83. The van der Waals surface area contributed by atoms with Crippen LogP contribution < -0.4 is 10.5 Å². The van der Waals surface area contributed by atoms with Gasteiger partial charge in [-0.2, -0.15) is 0 Å². The molecule has 1 heterocycles. The highest BCUT2D eigenvalue weighted by molar-refractivity contribution is 6.22. The second kappa shape index (κ2) is 9.23. The van der Waals surface area contributed by atoms with E-state index < -0.39 is 17.8 Å². The Morgan fingerprint density at radius 2 is 1.69 bits per heavy atom. The number of ether oxygens (including phenoxy) is 1.